The number of aliphatic hydroxyl groups is 1. The molecule has 116 valence electrons. The summed E-state index contributed by atoms with van der Waals surface area (Å²) in [6.45, 7) is 0.0768. The molecule has 1 N–H and O–H groups in total. The van der Waals surface area contributed by atoms with Crippen molar-refractivity contribution >= 4 is 11.0 Å². The van der Waals surface area contributed by atoms with E-state index in [-0.39, 0.29) is 18.6 Å². The first kappa shape index (κ1) is 13.8. The maximum absolute atomic E-state index is 12.4. The lowest BCUT2D eigenvalue weighted by Gasteiger charge is -2.25. The number of aliphatic hydroxyl groups excluding tert-OH is 1. The van der Waals surface area contributed by atoms with Crippen molar-refractivity contribution in [3.8, 4) is 22.8 Å². The van der Waals surface area contributed by atoms with Gasteiger partial charge in [0.1, 0.15) is 12.4 Å². The molecule has 4 rings (SSSR count). The Bertz CT molecular complexity index is 914. The number of hydrogen-bond acceptors (Lipinski definition) is 5. The van der Waals surface area contributed by atoms with E-state index >= 15 is 0 Å². The van der Waals surface area contributed by atoms with Crippen molar-refractivity contribution in [2.24, 2.45) is 0 Å². The van der Waals surface area contributed by atoms with E-state index in [0.717, 1.165) is 5.56 Å². The molecule has 0 spiro atoms. The summed E-state index contributed by atoms with van der Waals surface area (Å²) in [5, 5.41) is 9.63. The van der Waals surface area contributed by atoms with Gasteiger partial charge in [0.05, 0.1) is 12.0 Å². The smallest absolute Gasteiger partial charge is 0.205 e. The fraction of sp³-hybridized carbons (Fsp3) is 0.167. The van der Waals surface area contributed by atoms with Crippen LogP contribution in [-0.2, 0) is 0 Å². The number of benzene rings is 2. The summed E-state index contributed by atoms with van der Waals surface area (Å²) < 4.78 is 17.2. The van der Waals surface area contributed by atoms with E-state index in [1.54, 1.807) is 12.1 Å². The summed E-state index contributed by atoms with van der Waals surface area (Å²) in [5.41, 5.74) is 1.04. The van der Waals surface area contributed by atoms with E-state index in [0.29, 0.717) is 28.2 Å². The van der Waals surface area contributed by atoms with E-state index in [1.807, 2.05) is 30.3 Å². The minimum absolute atomic E-state index is 0.133. The van der Waals surface area contributed by atoms with Crippen LogP contribution in [0, 0.1) is 0 Å². The largest absolute Gasteiger partial charge is 0.482 e. The zero-order chi connectivity index (χ0) is 15.8. The third kappa shape index (κ3) is 2.35. The van der Waals surface area contributed by atoms with Crippen molar-refractivity contribution in [2.75, 3.05) is 13.2 Å². The number of hydrogen-bond donors (Lipinski definition) is 1. The highest BCUT2D eigenvalue weighted by Gasteiger charge is 2.24. The van der Waals surface area contributed by atoms with E-state index < -0.39 is 6.10 Å². The van der Waals surface area contributed by atoms with E-state index in [2.05, 4.69) is 0 Å². The van der Waals surface area contributed by atoms with Gasteiger partial charge in [-0.25, -0.2) is 0 Å². The summed E-state index contributed by atoms with van der Waals surface area (Å²) in [7, 11) is 0. The monoisotopic (exact) mass is 310 g/mol. The molecular weight excluding hydrogens is 296 g/mol. The first-order chi connectivity index (χ1) is 11.3. The average molecular weight is 310 g/mol. The van der Waals surface area contributed by atoms with Gasteiger partial charge in [-0.15, -0.1) is 0 Å². The second-order valence-electron chi connectivity index (χ2n) is 5.34. The normalized spacial score (nSPS) is 16.5. The van der Waals surface area contributed by atoms with Gasteiger partial charge in [0.2, 0.25) is 5.75 Å². The quantitative estimate of drug-likeness (QED) is 0.788. The molecule has 1 aliphatic rings. The lowest BCUT2D eigenvalue weighted by molar-refractivity contribution is 0.0460. The molecule has 0 fully saturated rings. The van der Waals surface area contributed by atoms with Gasteiger partial charge in [-0.3, -0.25) is 4.79 Å². The SMILES string of the molecule is O=c1cc(-c2ccccc2)oc2c3c(ccc12)OC(CO)CO3. The van der Waals surface area contributed by atoms with Gasteiger partial charge < -0.3 is 19.0 Å². The van der Waals surface area contributed by atoms with Crippen LogP contribution in [0.25, 0.3) is 22.3 Å². The highest BCUT2D eigenvalue weighted by atomic mass is 16.6. The van der Waals surface area contributed by atoms with Gasteiger partial charge >= 0.3 is 0 Å². The average Bonchev–Trinajstić information content (AvgIpc) is 2.61. The van der Waals surface area contributed by atoms with Crippen molar-refractivity contribution in [3.63, 3.8) is 0 Å². The second kappa shape index (κ2) is 5.44. The third-order valence-corrected chi connectivity index (χ3v) is 3.78. The Kier molecular flexibility index (Phi) is 3.28. The topological polar surface area (TPSA) is 68.9 Å². The molecule has 23 heavy (non-hydrogen) atoms. The maximum atomic E-state index is 12.4. The number of fused-ring (bicyclic) bond motifs is 3. The van der Waals surface area contributed by atoms with Crippen LogP contribution in [-0.4, -0.2) is 24.4 Å². The van der Waals surface area contributed by atoms with Crippen molar-refractivity contribution in [3.05, 3.63) is 58.8 Å². The van der Waals surface area contributed by atoms with Crippen LogP contribution in [0.15, 0.2) is 57.7 Å². The van der Waals surface area contributed by atoms with E-state index in [4.69, 9.17) is 13.9 Å². The Labute approximate surface area is 131 Å². The van der Waals surface area contributed by atoms with Crippen LogP contribution in [0.4, 0.5) is 0 Å². The van der Waals surface area contributed by atoms with Crippen LogP contribution in [0.3, 0.4) is 0 Å². The second-order valence-corrected chi connectivity index (χ2v) is 5.34. The first-order valence-electron chi connectivity index (χ1n) is 7.33. The van der Waals surface area contributed by atoms with Gasteiger partial charge in [-0.1, -0.05) is 30.3 Å². The Morgan fingerprint density at radius 1 is 1.13 bits per heavy atom. The summed E-state index contributed by atoms with van der Waals surface area (Å²) in [4.78, 5) is 12.4. The highest BCUT2D eigenvalue weighted by molar-refractivity contribution is 5.86. The van der Waals surface area contributed by atoms with Crippen molar-refractivity contribution in [1.82, 2.24) is 0 Å². The van der Waals surface area contributed by atoms with Crippen LogP contribution in [0.1, 0.15) is 0 Å². The first-order valence-corrected chi connectivity index (χ1v) is 7.33. The minimum Gasteiger partial charge on any atom is -0.482 e. The molecule has 1 unspecified atom stereocenters. The lowest BCUT2D eigenvalue weighted by atomic mass is 10.1. The van der Waals surface area contributed by atoms with Crippen molar-refractivity contribution in [2.45, 2.75) is 6.10 Å². The van der Waals surface area contributed by atoms with E-state index in [1.165, 1.54) is 6.07 Å². The summed E-state index contributed by atoms with van der Waals surface area (Å²) >= 11 is 0. The minimum atomic E-state index is -0.413. The predicted octanol–water partition coefficient (Wildman–Crippen LogP) is 2.59. The van der Waals surface area contributed by atoms with Gasteiger partial charge in [-0.05, 0) is 12.1 Å². The maximum Gasteiger partial charge on any atom is 0.205 e. The molecule has 2 heterocycles. The zero-order valence-electron chi connectivity index (χ0n) is 12.2. The molecule has 0 radical (unpaired) electrons. The number of rotatable bonds is 2. The molecule has 0 saturated carbocycles. The molecule has 1 aliphatic heterocycles. The fourth-order valence-electron chi connectivity index (χ4n) is 2.63. The Morgan fingerprint density at radius 3 is 2.74 bits per heavy atom. The Hall–Kier alpha value is -2.79. The Morgan fingerprint density at radius 2 is 1.96 bits per heavy atom. The summed E-state index contributed by atoms with van der Waals surface area (Å²) in [5.74, 6) is 1.35. The summed E-state index contributed by atoms with van der Waals surface area (Å²) in [6, 6.07) is 14.2. The molecule has 3 aromatic rings. The molecule has 2 aromatic carbocycles. The molecule has 1 atom stereocenters. The summed E-state index contributed by atoms with van der Waals surface area (Å²) in [6.07, 6.45) is -0.413. The van der Waals surface area contributed by atoms with Crippen molar-refractivity contribution < 1.29 is 19.0 Å². The molecule has 5 nitrogen and oxygen atoms in total. The molecule has 5 heteroatoms. The van der Waals surface area contributed by atoms with Crippen LogP contribution in [0.2, 0.25) is 0 Å². The molecule has 0 bridgehead atoms. The molecule has 0 amide bonds. The zero-order valence-corrected chi connectivity index (χ0v) is 12.2. The van der Waals surface area contributed by atoms with Crippen LogP contribution in [0.5, 0.6) is 11.5 Å². The van der Waals surface area contributed by atoms with Crippen LogP contribution < -0.4 is 14.9 Å². The Balaban J connectivity index is 1.93. The van der Waals surface area contributed by atoms with Gasteiger partial charge in [0.15, 0.2) is 22.9 Å². The van der Waals surface area contributed by atoms with E-state index in [9.17, 15) is 9.90 Å². The number of ether oxygens (including phenoxy) is 2. The molecular formula is C18H14O5. The molecule has 0 aliphatic carbocycles. The van der Waals surface area contributed by atoms with Gasteiger partial charge in [0.25, 0.3) is 0 Å². The predicted molar refractivity (Wildman–Crippen MR) is 84.9 cm³/mol. The van der Waals surface area contributed by atoms with Crippen molar-refractivity contribution in [1.29, 1.82) is 0 Å². The van der Waals surface area contributed by atoms with Gasteiger partial charge in [-0.2, -0.15) is 0 Å². The fourth-order valence-corrected chi connectivity index (χ4v) is 2.63. The van der Waals surface area contributed by atoms with Crippen LogP contribution >= 0.6 is 0 Å². The lowest BCUT2D eigenvalue weighted by Crippen LogP contribution is -2.32. The third-order valence-electron chi connectivity index (χ3n) is 3.78. The highest BCUT2D eigenvalue weighted by Crippen LogP contribution is 2.39. The molecule has 0 saturated heterocycles. The standard InChI is InChI=1S/C18H14O5/c19-9-12-10-21-18-15(22-12)7-6-13-14(20)8-16(23-17(13)18)11-4-2-1-3-5-11/h1-8,12,19H,9-10H2. The molecule has 1 aromatic heterocycles. The van der Waals surface area contributed by atoms with Gasteiger partial charge in [0, 0.05) is 11.6 Å².